The molecule has 1 aliphatic heterocycles. The van der Waals surface area contributed by atoms with Crippen molar-refractivity contribution in [3.8, 4) is 5.75 Å². The molecule has 6 nitrogen and oxygen atoms in total. The average Bonchev–Trinajstić information content (AvgIpc) is 2.78. The molecule has 2 atom stereocenters. The molecule has 1 fully saturated rings. The Morgan fingerprint density at radius 1 is 1.37 bits per heavy atom. The van der Waals surface area contributed by atoms with Gasteiger partial charge in [0.25, 0.3) is 0 Å². The van der Waals surface area contributed by atoms with Gasteiger partial charge in [0.15, 0.2) is 6.10 Å². The van der Waals surface area contributed by atoms with Crippen LogP contribution >= 0.6 is 0 Å². The highest BCUT2D eigenvalue weighted by Gasteiger charge is 2.35. The zero-order valence-electron chi connectivity index (χ0n) is 10.7. The first-order valence-corrected chi connectivity index (χ1v) is 5.84. The Hall–Kier alpha value is -2.24. The zero-order chi connectivity index (χ0) is 13.8. The standard InChI is InChI=1S/C13H15NO5/c1-8(15)18-7-11-12(14-13(16)19-11)9-3-5-10(17-2)6-4-9/h3-6,11-12H,7H2,1-2H3,(H,14,16)/t11-,12+/m0/s1. The van der Waals surface area contributed by atoms with E-state index in [4.69, 9.17) is 14.2 Å². The maximum absolute atomic E-state index is 11.3. The Labute approximate surface area is 110 Å². The molecule has 1 saturated heterocycles. The van der Waals surface area contributed by atoms with Crippen LogP contribution in [0, 0.1) is 0 Å². The van der Waals surface area contributed by atoms with E-state index in [-0.39, 0.29) is 12.6 Å². The van der Waals surface area contributed by atoms with Crippen LogP contribution in [0.25, 0.3) is 0 Å². The smallest absolute Gasteiger partial charge is 0.408 e. The lowest BCUT2D eigenvalue weighted by atomic mass is 10.0. The highest BCUT2D eigenvalue weighted by Crippen LogP contribution is 2.26. The second-order valence-electron chi connectivity index (χ2n) is 4.14. The summed E-state index contributed by atoms with van der Waals surface area (Å²) in [7, 11) is 1.58. The molecular formula is C13H15NO5. The van der Waals surface area contributed by atoms with E-state index in [1.807, 2.05) is 12.1 Å². The minimum atomic E-state index is -0.523. The van der Waals surface area contributed by atoms with Gasteiger partial charge in [-0.25, -0.2) is 4.79 Å². The number of hydrogen-bond donors (Lipinski definition) is 1. The summed E-state index contributed by atoms with van der Waals surface area (Å²) >= 11 is 0. The summed E-state index contributed by atoms with van der Waals surface area (Å²) in [5.74, 6) is 0.321. The summed E-state index contributed by atoms with van der Waals surface area (Å²) < 4.78 is 15.0. The second-order valence-corrected chi connectivity index (χ2v) is 4.14. The fourth-order valence-electron chi connectivity index (χ4n) is 1.90. The van der Waals surface area contributed by atoms with E-state index in [1.54, 1.807) is 19.2 Å². The quantitative estimate of drug-likeness (QED) is 0.833. The fourth-order valence-corrected chi connectivity index (χ4v) is 1.90. The molecule has 19 heavy (non-hydrogen) atoms. The van der Waals surface area contributed by atoms with E-state index in [0.717, 1.165) is 11.3 Å². The van der Waals surface area contributed by atoms with Gasteiger partial charge in [0.1, 0.15) is 12.4 Å². The first-order valence-electron chi connectivity index (χ1n) is 5.84. The van der Waals surface area contributed by atoms with Gasteiger partial charge in [-0.3, -0.25) is 4.79 Å². The molecule has 0 unspecified atom stereocenters. The third kappa shape index (κ3) is 3.15. The van der Waals surface area contributed by atoms with Crippen LogP contribution in [0.3, 0.4) is 0 Å². The van der Waals surface area contributed by atoms with Crippen LogP contribution in [0.2, 0.25) is 0 Å². The molecule has 1 heterocycles. The highest BCUT2D eigenvalue weighted by atomic mass is 16.6. The monoisotopic (exact) mass is 265 g/mol. The van der Waals surface area contributed by atoms with Gasteiger partial charge in [0, 0.05) is 6.92 Å². The van der Waals surface area contributed by atoms with Crippen molar-refractivity contribution in [3.05, 3.63) is 29.8 Å². The number of ether oxygens (including phenoxy) is 3. The predicted octanol–water partition coefficient (Wildman–Crippen LogP) is 1.41. The van der Waals surface area contributed by atoms with Crippen LogP contribution in [0.4, 0.5) is 4.79 Å². The molecule has 0 bridgehead atoms. The Morgan fingerprint density at radius 3 is 2.63 bits per heavy atom. The fraction of sp³-hybridized carbons (Fsp3) is 0.385. The first kappa shape index (κ1) is 13.2. The number of rotatable bonds is 4. The summed E-state index contributed by atoms with van der Waals surface area (Å²) in [5.41, 5.74) is 0.865. The number of esters is 1. The van der Waals surface area contributed by atoms with Crippen molar-refractivity contribution in [3.63, 3.8) is 0 Å². The number of carbonyl (C=O) groups is 2. The van der Waals surface area contributed by atoms with Crippen molar-refractivity contribution in [1.82, 2.24) is 5.32 Å². The number of amides is 1. The van der Waals surface area contributed by atoms with E-state index in [1.165, 1.54) is 6.92 Å². The molecule has 1 N–H and O–H groups in total. The lowest BCUT2D eigenvalue weighted by molar-refractivity contribution is -0.143. The minimum absolute atomic E-state index is 0.0325. The number of hydrogen-bond acceptors (Lipinski definition) is 5. The highest BCUT2D eigenvalue weighted by molar-refractivity contribution is 5.71. The van der Waals surface area contributed by atoms with Crippen molar-refractivity contribution in [1.29, 1.82) is 0 Å². The van der Waals surface area contributed by atoms with Crippen molar-refractivity contribution >= 4 is 12.1 Å². The maximum Gasteiger partial charge on any atom is 0.408 e. The van der Waals surface area contributed by atoms with Crippen molar-refractivity contribution in [2.45, 2.75) is 19.1 Å². The summed E-state index contributed by atoms with van der Waals surface area (Å²) in [6.45, 7) is 1.34. The molecule has 1 amide bonds. The molecule has 0 radical (unpaired) electrons. The third-order valence-corrected chi connectivity index (χ3v) is 2.83. The Kier molecular flexibility index (Phi) is 3.89. The summed E-state index contributed by atoms with van der Waals surface area (Å²) in [6.07, 6.45) is -1.04. The Balaban J connectivity index is 2.10. The van der Waals surface area contributed by atoms with Gasteiger partial charge in [-0.2, -0.15) is 0 Å². The zero-order valence-corrected chi connectivity index (χ0v) is 10.7. The van der Waals surface area contributed by atoms with Gasteiger partial charge < -0.3 is 19.5 Å². The number of carbonyl (C=O) groups excluding carboxylic acids is 2. The summed E-state index contributed by atoms with van der Waals surface area (Å²) in [5, 5.41) is 2.69. The number of alkyl carbamates (subject to hydrolysis) is 1. The van der Waals surface area contributed by atoms with Crippen LogP contribution in [-0.4, -0.2) is 31.9 Å². The van der Waals surface area contributed by atoms with E-state index in [9.17, 15) is 9.59 Å². The van der Waals surface area contributed by atoms with Crippen LogP contribution in [0.5, 0.6) is 5.75 Å². The number of benzene rings is 1. The van der Waals surface area contributed by atoms with E-state index >= 15 is 0 Å². The van der Waals surface area contributed by atoms with Gasteiger partial charge in [-0.05, 0) is 17.7 Å². The van der Waals surface area contributed by atoms with E-state index in [0.29, 0.717) is 0 Å². The molecular weight excluding hydrogens is 250 g/mol. The van der Waals surface area contributed by atoms with Gasteiger partial charge >= 0.3 is 12.1 Å². The van der Waals surface area contributed by atoms with Crippen LogP contribution in [0.1, 0.15) is 18.5 Å². The Morgan fingerprint density at radius 2 is 2.05 bits per heavy atom. The minimum Gasteiger partial charge on any atom is -0.497 e. The molecule has 102 valence electrons. The molecule has 1 aromatic rings. The molecule has 2 rings (SSSR count). The predicted molar refractivity (Wildman–Crippen MR) is 65.8 cm³/mol. The van der Waals surface area contributed by atoms with Gasteiger partial charge in [0.2, 0.25) is 0 Å². The molecule has 0 saturated carbocycles. The normalized spacial score (nSPS) is 21.5. The van der Waals surface area contributed by atoms with E-state index < -0.39 is 18.2 Å². The van der Waals surface area contributed by atoms with Crippen LogP contribution in [-0.2, 0) is 14.3 Å². The molecule has 0 aromatic heterocycles. The van der Waals surface area contributed by atoms with Crippen molar-refractivity contribution < 1.29 is 23.8 Å². The van der Waals surface area contributed by atoms with E-state index in [2.05, 4.69) is 5.32 Å². The van der Waals surface area contributed by atoms with Crippen LogP contribution < -0.4 is 10.1 Å². The molecule has 1 aromatic carbocycles. The molecule has 1 aliphatic rings. The lowest BCUT2D eigenvalue weighted by Crippen LogP contribution is -2.26. The lowest BCUT2D eigenvalue weighted by Gasteiger charge is -2.17. The largest absolute Gasteiger partial charge is 0.497 e. The maximum atomic E-state index is 11.3. The average molecular weight is 265 g/mol. The third-order valence-electron chi connectivity index (χ3n) is 2.83. The van der Waals surface area contributed by atoms with Crippen LogP contribution in [0.15, 0.2) is 24.3 Å². The van der Waals surface area contributed by atoms with Crippen molar-refractivity contribution in [2.75, 3.05) is 13.7 Å². The molecule has 0 aliphatic carbocycles. The van der Waals surface area contributed by atoms with Gasteiger partial charge in [0.05, 0.1) is 13.2 Å². The second kappa shape index (κ2) is 5.60. The van der Waals surface area contributed by atoms with Gasteiger partial charge in [-0.1, -0.05) is 12.1 Å². The summed E-state index contributed by atoms with van der Waals surface area (Å²) in [6, 6.07) is 6.92. The van der Waals surface area contributed by atoms with Crippen molar-refractivity contribution in [2.24, 2.45) is 0 Å². The SMILES string of the molecule is COc1ccc([C@H]2NC(=O)O[C@H]2COC(C)=O)cc1. The molecule has 6 heteroatoms. The molecule has 0 spiro atoms. The number of methoxy groups -OCH3 is 1. The Bertz CT molecular complexity index is 470. The number of cyclic esters (lactones) is 1. The topological polar surface area (TPSA) is 73.9 Å². The van der Waals surface area contributed by atoms with Gasteiger partial charge in [-0.15, -0.1) is 0 Å². The number of nitrogens with one attached hydrogen (secondary N) is 1. The first-order chi connectivity index (χ1) is 9.10. The summed E-state index contributed by atoms with van der Waals surface area (Å²) in [4.78, 5) is 22.1.